The Labute approximate surface area is 138 Å². The molecule has 5 rings (SSSR count). The molecule has 1 aromatic carbocycles. The van der Waals surface area contributed by atoms with Crippen LogP contribution in [0.4, 0.5) is 0 Å². The smallest absolute Gasteiger partial charge is 0.250 e. The number of nitrogens with zero attached hydrogens (tertiary/aromatic N) is 3. The summed E-state index contributed by atoms with van der Waals surface area (Å²) in [5, 5.41) is 11.0. The van der Waals surface area contributed by atoms with Gasteiger partial charge in [0.2, 0.25) is 0 Å². The lowest BCUT2D eigenvalue weighted by Gasteiger charge is -2.35. The molecule has 5 heteroatoms. The van der Waals surface area contributed by atoms with Gasteiger partial charge in [0.05, 0.1) is 36.1 Å². The molecule has 0 fully saturated rings. The van der Waals surface area contributed by atoms with Crippen molar-refractivity contribution in [3.63, 3.8) is 0 Å². The van der Waals surface area contributed by atoms with Crippen LogP contribution >= 0.6 is 0 Å². The fourth-order valence-electron chi connectivity index (χ4n) is 4.33. The molecule has 120 valence electrons. The molecule has 2 aliphatic rings. The molecule has 5 nitrogen and oxygen atoms in total. The largest absolute Gasteiger partial charge is 0.386 e. The van der Waals surface area contributed by atoms with Crippen molar-refractivity contribution in [1.29, 1.82) is 0 Å². The highest BCUT2D eigenvalue weighted by atomic mass is 16.3. The van der Waals surface area contributed by atoms with E-state index in [9.17, 15) is 9.90 Å². The maximum absolute atomic E-state index is 12.0. The van der Waals surface area contributed by atoms with Crippen LogP contribution in [0.15, 0.2) is 59.8 Å². The van der Waals surface area contributed by atoms with Gasteiger partial charge < -0.3 is 14.2 Å². The first kappa shape index (κ1) is 13.7. The summed E-state index contributed by atoms with van der Waals surface area (Å²) in [6.45, 7) is 0.638. The fraction of sp³-hybridized carbons (Fsp3) is 0.263. The summed E-state index contributed by atoms with van der Waals surface area (Å²) < 4.78 is 3.85. The minimum atomic E-state index is -0.668. The SMILES string of the molecule is O=c1cccc2n1CC[C@@H](C1c3ccccc3-c3cncn31)[C@@H]2O. The van der Waals surface area contributed by atoms with E-state index in [0.717, 1.165) is 12.1 Å². The topological polar surface area (TPSA) is 60.0 Å². The van der Waals surface area contributed by atoms with Crippen molar-refractivity contribution in [3.05, 3.63) is 76.6 Å². The van der Waals surface area contributed by atoms with E-state index in [1.165, 1.54) is 11.1 Å². The third-order valence-corrected chi connectivity index (χ3v) is 5.40. The van der Waals surface area contributed by atoms with E-state index >= 15 is 0 Å². The maximum atomic E-state index is 12.0. The molecule has 0 aliphatic carbocycles. The lowest BCUT2D eigenvalue weighted by Crippen LogP contribution is -2.36. The maximum Gasteiger partial charge on any atom is 0.250 e. The average Bonchev–Trinajstić information content (AvgIpc) is 3.17. The van der Waals surface area contributed by atoms with Crippen molar-refractivity contribution < 1.29 is 5.11 Å². The Hall–Kier alpha value is -2.66. The van der Waals surface area contributed by atoms with Crippen molar-refractivity contribution >= 4 is 0 Å². The van der Waals surface area contributed by atoms with Gasteiger partial charge in [-0.25, -0.2) is 4.98 Å². The number of imidazole rings is 1. The summed E-state index contributed by atoms with van der Waals surface area (Å²) in [6.07, 6.45) is 3.82. The van der Waals surface area contributed by atoms with Gasteiger partial charge in [-0.15, -0.1) is 0 Å². The van der Waals surface area contributed by atoms with Crippen LogP contribution in [-0.4, -0.2) is 19.2 Å². The van der Waals surface area contributed by atoms with E-state index in [2.05, 4.69) is 21.7 Å². The van der Waals surface area contributed by atoms with Crippen molar-refractivity contribution in [2.75, 3.05) is 0 Å². The van der Waals surface area contributed by atoms with E-state index in [4.69, 9.17) is 0 Å². The predicted octanol–water partition coefficient (Wildman–Crippen LogP) is 2.37. The molecule has 1 N–H and O–H groups in total. The second-order valence-corrected chi connectivity index (χ2v) is 6.56. The normalized spacial score (nSPS) is 24.3. The zero-order chi connectivity index (χ0) is 16.3. The third-order valence-electron chi connectivity index (χ3n) is 5.40. The molecule has 0 saturated heterocycles. The Morgan fingerprint density at radius 3 is 2.92 bits per heavy atom. The number of hydrogen-bond acceptors (Lipinski definition) is 3. The number of hydrogen-bond donors (Lipinski definition) is 1. The van der Waals surface area contributed by atoms with Gasteiger partial charge in [-0.05, 0) is 18.1 Å². The molecule has 0 spiro atoms. The molecule has 2 aromatic heterocycles. The summed E-state index contributed by atoms with van der Waals surface area (Å²) in [5.41, 5.74) is 4.18. The number of aromatic nitrogens is 3. The molecule has 3 atom stereocenters. The van der Waals surface area contributed by atoms with Crippen LogP contribution in [0.1, 0.15) is 29.8 Å². The molecule has 2 aliphatic heterocycles. The molecule has 0 bridgehead atoms. The zero-order valence-electron chi connectivity index (χ0n) is 13.0. The fourth-order valence-corrected chi connectivity index (χ4v) is 4.33. The van der Waals surface area contributed by atoms with E-state index in [0.29, 0.717) is 12.2 Å². The van der Waals surface area contributed by atoms with E-state index < -0.39 is 6.10 Å². The molecule has 0 radical (unpaired) electrons. The molecular formula is C19H17N3O2. The molecular weight excluding hydrogens is 302 g/mol. The Morgan fingerprint density at radius 1 is 1.12 bits per heavy atom. The van der Waals surface area contributed by atoms with Gasteiger partial charge in [-0.2, -0.15) is 0 Å². The van der Waals surface area contributed by atoms with E-state index in [1.807, 2.05) is 30.7 Å². The van der Waals surface area contributed by atoms with Crippen LogP contribution in [-0.2, 0) is 6.54 Å². The Bertz CT molecular complexity index is 988. The summed E-state index contributed by atoms with van der Waals surface area (Å²) in [4.78, 5) is 16.3. The van der Waals surface area contributed by atoms with Gasteiger partial charge in [0.1, 0.15) is 0 Å². The second kappa shape index (κ2) is 4.92. The lowest BCUT2D eigenvalue weighted by atomic mass is 9.82. The molecule has 0 saturated carbocycles. The first-order valence-corrected chi connectivity index (χ1v) is 8.24. The number of fused-ring (bicyclic) bond motifs is 4. The van der Waals surface area contributed by atoms with Gasteiger partial charge in [0.15, 0.2) is 0 Å². The molecule has 1 unspecified atom stereocenters. The monoisotopic (exact) mass is 319 g/mol. The highest BCUT2D eigenvalue weighted by molar-refractivity contribution is 5.69. The molecule has 3 aromatic rings. The van der Waals surface area contributed by atoms with Gasteiger partial charge >= 0.3 is 0 Å². The van der Waals surface area contributed by atoms with Gasteiger partial charge in [0, 0.05) is 24.1 Å². The summed E-state index contributed by atoms with van der Waals surface area (Å²) in [7, 11) is 0. The van der Waals surface area contributed by atoms with Crippen LogP contribution in [0.3, 0.4) is 0 Å². The lowest BCUT2D eigenvalue weighted by molar-refractivity contribution is 0.0536. The number of pyridine rings is 1. The summed E-state index contributed by atoms with van der Waals surface area (Å²) >= 11 is 0. The van der Waals surface area contributed by atoms with Crippen molar-refractivity contribution in [1.82, 2.24) is 14.1 Å². The van der Waals surface area contributed by atoms with Crippen LogP contribution in [0.25, 0.3) is 11.3 Å². The van der Waals surface area contributed by atoms with E-state index in [-0.39, 0.29) is 17.5 Å². The first-order valence-electron chi connectivity index (χ1n) is 8.24. The highest BCUT2D eigenvalue weighted by Crippen LogP contribution is 2.48. The van der Waals surface area contributed by atoms with Gasteiger partial charge in [-0.1, -0.05) is 30.3 Å². The highest BCUT2D eigenvalue weighted by Gasteiger charge is 2.40. The van der Waals surface area contributed by atoms with Crippen LogP contribution in [0, 0.1) is 5.92 Å². The Kier molecular flexibility index (Phi) is 2.82. The third kappa shape index (κ3) is 1.73. The quantitative estimate of drug-likeness (QED) is 0.749. The molecule has 4 heterocycles. The standard InChI is InChI=1S/C19H17N3O2/c23-17-7-3-6-15-19(24)14(8-9-21(15)17)18-13-5-2-1-4-12(13)16-10-20-11-22(16)18/h1-7,10-11,14,18-19,24H,8-9H2/t14-,18?,19-/m0/s1. The Morgan fingerprint density at radius 2 is 2.00 bits per heavy atom. The number of rotatable bonds is 1. The minimum absolute atomic E-state index is 0.0170. The van der Waals surface area contributed by atoms with Gasteiger partial charge in [0.25, 0.3) is 5.56 Å². The first-order chi connectivity index (χ1) is 11.8. The van der Waals surface area contributed by atoms with Crippen LogP contribution in [0.2, 0.25) is 0 Å². The molecule has 0 amide bonds. The second-order valence-electron chi connectivity index (χ2n) is 6.56. The van der Waals surface area contributed by atoms with Crippen LogP contribution < -0.4 is 5.56 Å². The minimum Gasteiger partial charge on any atom is -0.386 e. The van der Waals surface area contributed by atoms with Crippen LogP contribution in [0.5, 0.6) is 0 Å². The van der Waals surface area contributed by atoms with Crippen molar-refractivity contribution in [3.8, 4) is 11.3 Å². The zero-order valence-corrected chi connectivity index (χ0v) is 13.0. The average molecular weight is 319 g/mol. The van der Waals surface area contributed by atoms with E-state index in [1.54, 1.807) is 16.7 Å². The summed E-state index contributed by atoms with van der Waals surface area (Å²) in [6, 6.07) is 13.5. The number of aliphatic hydroxyl groups is 1. The number of aliphatic hydroxyl groups excluding tert-OH is 1. The summed E-state index contributed by atoms with van der Waals surface area (Å²) in [5.74, 6) is 0.0170. The predicted molar refractivity (Wildman–Crippen MR) is 89.6 cm³/mol. The molecule has 24 heavy (non-hydrogen) atoms. The Balaban J connectivity index is 1.64. The van der Waals surface area contributed by atoms with Crippen molar-refractivity contribution in [2.45, 2.75) is 25.1 Å². The number of benzene rings is 1. The van der Waals surface area contributed by atoms with Gasteiger partial charge in [-0.3, -0.25) is 4.79 Å². The van der Waals surface area contributed by atoms with Crippen molar-refractivity contribution in [2.24, 2.45) is 5.92 Å².